The Morgan fingerprint density at radius 3 is 2.12 bits per heavy atom. The third kappa shape index (κ3) is 9.59. The van der Waals surface area contributed by atoms with Crippen molar-refractivity contribution in [3.63, 3.8) is 0 Å². The van der Waals surface area contributed by atoms with Crippen molar-refractivity contribution >= 4 is 26.1 Å². The summed E-state index contributed by atoms with van der Waals surface area (Å²) in [5.41, 5.74) is 4.50. The van der Waals surface area contributed by atoms with Crippen molar-refractivity contribution < 1.29 is 28.6 Å². The summed E-state index contributed by atoms with van der Waals surface area (Å²) in [6, 6.07) is 16.2. The lowest BCUT2D eigenvalue weighted by Gasteiger charge is -2.24. The average molecular weight is 580 g/mol. The van der Waals surface area contributed by atoms with Gasteiger partial charge in [0.25, 0.3) is 0 Å². The van der Waals surface area contributed by atoms with Crippen molar-refractivity contribution in [2.24, 2.45) is 5.92 Å². The highest BCUT2D eigenvalue weighted by Gasteiger charge is 2.32. The van der Waals surface area contributed by atoms with Gasteiger partial charge in [-0.15, -0.1) is 0 Å². The van der Waals surface area contributed by atoms with Crippen molar-refractivity contribution in [1.29, 1.82) is 0 Å². The summed E-state index contributed by atoms with van der Waals surface area (Å²) in [6.45, 7) is 12.8. The zero-order valence-electron chi connectivity index (χ0n) is 25.3. The van der Waals surface area contributed by atoms with Crippen LogP contribution in [0.4, 0.5) is 4.79 Å². The smallest absolute Gasteiger partial charge is 0.407 e. The summed E-state index contributed by atoms with van der Waals surface area (Å²) < 4.78 is 16.8. The fourth-order valence-corrected chi connectivity index (χ4v) is 5.46. The highest BCUT2D eigenvalue weighted by atomic mass is 28.3. The van der Waals surface area contributed by atoms with Gasteiger partial charge >= 0.3 is 18.0 Å². The number of ether oxygens (including phenoxy) is 3. The van der Waals surface area contributed by atoms with Gasteiger partial charge in [0.1, 0.15) is 18.8 Å². The molecule has 0 aromatic heterocycles. The number of alkyl carbamates (subject to hydrolysis) is 1. The van der Waals surface area contributed by atoms with Crippen LogP contribution in [0.15, 0.2) is 60.7 Å². The Labute approximate surface area is 245 Å². The SMILES string of the molecule is CCC/C=C/[C@H](CC(=O)OCC[Si](C)(C)C)OC(=O)C(NC(=O)OCC1c2ccccc2-c2ccccc21)C(C)C. The molecule has 222 valence electrons. The molecule has 1 N–H and O–H groups in total. The third-order valence-electron chi connectivity index (χ3n) is 7.09. The van der Waals surface area contributed by atoms with Gasteiger partial charge in [-0.25, -0.2) is 9.59 Å². The van der Waals surface area contributed by atoms with Crippen molar-refractivity contribution in [2.45, 2.75) is 83.8 Å². The quantitative estimate of drug-likeness (QED) is 0.111. The van der Waals surface area contributed by atoms with Crippen molar-refractivity contribution in [3.8, 4) is 11.1 Å². The van der Waals surface area contributed by atoms with E-state index >= 15 is 0 Å². The number of allylic oxidation sites excluding steroid dienone is 1. The summed E-state index contributed by atoms with van der Waals surface area (Å²) in [6.07, 6.45) is 3.81. The van der Waals surface area contributed by atoms with Crippen LogP contribution in [0, 0.1) is 5.92 Å². The van der Waals surface area contributed by atoms with Crippen LogP contribution in [0.1, 0.15) is 57.1 Å². The Morgan fingerprint density at radius 1 is 0.951 bits per heavy atom. The first-order valence-corrected chi connectivity index (χ1v) is 18.3. The van der Waals surface area contributed by atoms with Crippen LogP contribution in [-0.2, 0) is 23.8 Å². The van der Waals surface area contributed by atoms with Gasteiger partial charge in [0.15, 0.2) is 0 Å². The second-order valence-electron chi connectivity index (χ2n) is 12.1. The largest absolute Gasteiger partial charge is 0.466 e. The van der Waals surface area contributed by atoms with Crippen LogP contribution in [-0.4, -0.2) is 51.5 Å². The molecule has 3 rings (SSSR count). The van der Waals surface area contributed by atoms with E-state index in [1.807, 2.05) is 51.1 Å². The molecule has 1 aliphatic rings. The van der Waals surface area contributed by atoms with Gasteiger partial charge in [0, 0.05) is 14.0 Å². The van der Waals surface area contributed by atoms with Gasteiger partial charge < -0.3 is 19.5 Å². The number of esters is 2. The number of unbranched alkanes of at least 4 members (excludes halogenated alkanes) is 1. The topological polar surface area (TPSA) is 90.9 Å². The van der Waals surface area contributed by atoms with Gasteiger partial charge in [-0.3, -0.25) is 4.79 Å². The highest BCUT2D eigenvalue weighted by molar-refractivity contribution is 6.76. The van der Waals surface area contributed by atoms with Gasteiger partial charge in [-0.05, 0) is 46.7 Å². The normalized spacial score (nSPS) is 14.3. The Balaban J connectivity index is 1.61. The minimum absolute atomic E-state index is 0.0760. The van der Waals surface area contributed by atoms with E-state index in [9.17, 15) is 14.4 Å². The lowest BCUT2D eigenvalue weighted by molar-refractivity contribution is -0.155. The maximum atomic E-state index is 13.2. The predicted octanol–water partition coefficient (Wildman–Crippen LogP) is 7.09. The molecule has 0 radical (unpaired) electrons. The standard InChI is InChI=1S/C33H45NO6Si/c1-7-8-9-14-24(21-30(35)38-19-20-41(4,5)6)40-32(36)31(23(2)3)34-33(37)39-22-29-27-17-12-10-15-25(27)26-16-11-13-18-28(26)29/h9-18,23-24,29,31H,7-8,19-22H2,1-6H3,(H,34,37)/b14-9+/t24-,31?/m1/s1. The van der Waals surface area contributed by atoms with E-state index in [4.69, 9.17) is 14.2 Å². The van der Waals surface area contributed by atoms with Crippen molar-refractivity contribution in [1.82, 2.24) is 5.32 Å². The number of amides is 1. The molecule has 0 saturated carbocycles. The average Bonchev–Trinajstić information content (AvgIpc) is 3.23. The molecular formula is C33H45NO6Si. The zero-order valence-corrected chi connectivity index (χ0v) is 26.3. The van der Waals surface area contributed by atoms with Crippen LogP contribution in [0.5, 0.6) is 0 Å². The molecule has 1 amide bonds. The van der Waals surface area contributed by atoms with E-state index < -0.39 is 38.3 Å². The first-order chi connectivity index (χ1) is 19.5. The second kappa shape index (κ2) is 15.0. The number of fused-ring (bicyclic) bond motifs is 3. The molecule has 0 spiro atoms. The molecule has 8 heteroatoms. The van der Waals surface area contributed by atoms with E-state index in [0.717, 1.165) is 41.1 Å². The first kappa shape index (κ1) is 32.1. The Morgan fingerprint density at radius 2 is 1.56 bits per heavy atom. The van der Waals surface area contributed by atoms with E-state index in [1.54, 1.807) is 6.08 Å². The summed E-state index contributed by atoms with van der Waals surface area (Å²) in [5, 5.41) is 2.69. The third-order valence-corrected chi connectivity index (χ3v) is 8.80. The zero-order chi connectivity index (χ0) is 30.0. The Kier molecular flexibility index (Phi) is 11.8. The van der Waals surface area contributed by atoms with E-state index in [0.29, 0.717) is 6.61 Å². The first-order valence-electron chi connectivity index (χ1n) is 14.6. The molecule has 0 bridgehead atoms. The maximum absolute atomic E-state index is 13.2. The van der Waals surface area contributed by atoms with Gasteiger partial charge in [-0.2, -0.15) is 0 Å². The molecular weight excluding hydrogens is 534 g/mol. The molecule has 0 saturated heterocycles. The van der Waals surface area contributed by atoms with Gasteiger partial charge in [0.05, 0.1) is 13.0 Å². The fraction of sp³-hybridized carbons (Fsp3) is 0.485. The van der Waals surface area contributed by atoms with E-state index in [2.05, 4.69) is 49.2 Å². The number of carbonyl (C=O) groups is 3. The van der Waals surface area contributed by atoms with E-state index in [-0.39, 0.29) is 24.9 Å². The molecule has 1 unspecified atom stereocenters. The lowest BCUT2D eigenvalue weighted by Crippen LogP contribution is -2.46. The predicted molar refractivity (Wildman–Crippen MR) is 164 cm³/mol. The van der Waals surface area contributed by atoms with Crippen LogP contribution in [0.25, 0.3) is 11.1 Å². The number of carbonyl (C=O) groups excluding carboxylic acids is 3. The molecule has 2 aromatic carbocycles. The van der Waals surface area contributed by atoms with Crippen molar-refractivity contribution in [3.05, 3.63) is 71.8 Å². The van der Waals surface area contributed by atoms with E-state index in [1.165, 1.54) is 0 Å². The monoisotopic (exact) mass is 579 g/mol. The number of benzene rings is 2. The fourth-order valence-electron chi connectivity index (χ4n) is 4.75. The summed E-state index contributed by atoms with van der Waals surface area (Å²) >= 11 is 0. The number of nitrogens with one attached hydrogen (secondary N) is 1. The molecule has 7 nitrogen and oxygen atoms in total. The summed E-state index contributed by atoms with van der Waals surface area (Å²) in [5.74, 6) is -1.37. The molecule has 2 atom stereocenters. The Bertz CT molecular complexity index is 1170. The summed E-state index contributed by atoms with van der Waals surface area (Å²) in [7, 11) is -1.34. The lowest BCUT2D eigenvalue weighted by atomic mass is 9.98. The van der Waals surface area contributed by atoms with Crippen LogP contribution in [0.2, 0.25) is 25.7 Å². The second-order valence-corrected chi connectivity index (χ2v) is 17.7. The minimum Gasteiger partial charge on any atom is -0.466 e. The van der Waals surface area contributed by atoms with Crippen LogP contribution < -0.4 is 5.32 Å². The number of hydrogen-bond donors (Lipinski definition) is 1. The highest BCUT2D eigenvalue weighted by Crippen LogP contribution is 2.44. The van der Waals surface area contributed by atoms with Crippen LogP contribution >= 0.6 is 0 Å². The van der Waals surface area contributed by atoms with Crippen molar-refractivity contribution in [2.75, 3.05) is 13.2 Å². The number of hydrogen-bond acceptors (Lipinski definition) is 6. The van der Waals surface area contributed by atoms with Gasteiger partial charge in [-0.1, -0.05) is 101 Å². The molecule has 41 heavy (non-hydrogen) atoms. The Hall–Kier alpha value is -3.39. The van der Waals surface area contributed by atoms with Gasteiger partial charge in [0.2, 0.25) is 0 Å². The molecule has 0 fully saturated rings. The molecule has 2 aromatic rings. The summed E-state index contributed by atoms with van der Waals surface area (Å²) in [4.78, 5) is 38.6. The maximum Gasteiger partial charge on any atom is 0.407 e. The molecule has 0 aliphatic heterocycles. The molecule has 1 aliphatic carbocycles. The van der Waals surface area contributed by atoms with Crippen LogP contribution in [0.3, 0.4) is 0 Å². The molecule has 0 heterocycles. The number of rotatable bonds is 14. The minimum atomic E-state index is -1.34.